The van der Waals surface area contributed by atoms with Crippen LogP contribution in [-0.4, -0.2) is 87.5 Å². The SMILES string of the molecule is CC/C=C\C/C=C\C/C=C\C/C=C\C/C=C\CCCC(=O)NC(COC1OC(CO)C(O)C(O)C1O)C(O)/C=C/CC/C=C/CC/C=C/CCCCCCCCCCCCCCCCCCCCCC. The fraction of sp³-hybridized carbons (Fsp3) is 0.721. The zero-order valence-electron chi connectivity index (χ0n) is 44.5. The Bertz CT molecular complexity index is 1420. The van der Waals surface area contributed by atoms with Crippen molar-refractivity contribution in [1.82, 2.24) is 5.32 Å². The van der Waals surface area contributed by atoms with Gasteiger partial charge in [0, 0.05) is 6.42 Å². The summed E-state index contributed by atoms with van der Waals surface area (Å²) in [6.45, 7) is 3.61. The average Bonchev–Trinajstić information content (AvgIpc) is 3.36. The van der Waals surface area contributed by atoms with Crippen LogP contribution in [0.1, 0.15) is 226 Å². The van der Waals surface area contributed by atoms with Crippen molar-refractivity contribution in [3.63, 3.8) is 0 Å². The van der Waals surface area contributed by atoms with Crippen LogP contribution in [0.5, 0.6) is 0 Å². The molecule has 1 saturated heterocycles. The van der Waals surface area contributed by atoms with Gasteiger partial charge in [0.2, 0.25) is 5.91 Å². The first-order valence-electron chi connectivity index (χ1n) is 28.5. The summed E-state index contributed by atoms with van der Waals surface area (Å²) >= 11 is 0. The molecule has 0 aliphatic carbocycles. The highest BCUT2D eigenvalue weighted by atomic mass is 16.7. The van der Waals surface area contributed by atoms with Crippen molar-refractivity contribution >= 4 is 5.91 Å². The Kier molecular flexibility index (Phi) is 46.2. The number of hydrogen-bond donors (Lipinski definition) is 6. The highest BCUT2D eigenvalue weighted by Crippen LogP contribution is 2.23. The third kappa shape index (κ3) is 38.7. The summed E-state index contributed by atoms with van der Waals surface area (Å²) in [7, 11) is 0. The van der Waals surface area contributed by atoms with Crippen molar-refractivity contribution in [1.29, 1.82) is 0 Å². The Hall–Kier alpha value is -2.89. The lowest BCUT2D eigenvalue weighted by atomic mass is 9.99. The third-order valence-corrected chi connectivity index (χ3v) is 12.9. The lowest BCUT2D eigenvalue weighted by Gasteiger charge is -2.40. The quantitative estimate of drug-likeness (QED) is 0.0261. The zero-order chi connectivity index (χ0) is 50.8. The number of aliphatic hydroxyl groups excluding tert-OH is 5. The van der Waals surface area contributed by atoms with Crippen molar-refractivity contribution in [3.05, 3.63) is 97.2 Å². The molecule has 7 unspecified atom stereocenters. The molecule has 6 N–H and O–H groups in total. The van der Waals surface area contributed by atoms with E-state index < -0.39 is 49.5 Å². The highest BCUT2D eigenvalue weighted by Gasteiger charge is 2.44. The van der Waals surface area contributed by atoms with Gasteiger partial charge in [-0.1, -0.05) is 233 Å². The van der Waals surface area contributed by atoms with Crippen LogP contribution in [0.3, 0.4) is 0 Å². The second kappa shape index (κ2) is 49.7. The monoisotopic (exact) mass is 980 g/mol. The van der Waals surface area contributed by atoms with Gasteiger partial charge in [0.1, 0.15) is 24.4 Å². The van der Waals surface area contributed by atoms with E-state index in [9.17, 15) is 30.3 Å². The number of hydrogen-bond acceptors (Lipinski definition) is 8. The Morgan fingerprint density at radius 1 is 0.500 bits per heavy atom. The van der Waals surface area contributed by atoms with Gasteiger partial charge in [0.05, 0.1) is 25.4 Å². The first kappa shape index (κ1) is 65.1. The van der Waals surface area contributed by atoms with E-state index in [1.807, 2.05) is 6.08 Å². The minimum Gasteiger partial charge on any atom is -0.394 e. The largest absolute Gasteiger partial charge is 0.394 e. The summed E-state index contributed by atoms with van der Waals surface area (Å²) in [6.07, 6.45) is 65.0. The van der Waals surface area contributed by atoms with E-state index in [1.54, 1.807) is 6.08 Å². The van der Waals surface area contributed by atoms with Crippen LogP contribution in [-0.2, 0) is 14.3 Å². The van der Waals surface area contributed by atoms with E-state index >= 15 is 0 Å². The Labute approximate surface area is 428 Å². The molecule has 1 aliphatic rings. The van der Waals surface area contributed by atoms with E-state index in [2.05, 4.69) is 104 Å². The maximum Gasteiger partial charge on any atom is 0.220 e. The molecule has 9 heteroatoms. The number of rotatable bonds is 47. The van der Waals surface area contributed by atoms with E-state index in [0.29, 0.717) is 12.8 Å². The molecular weight excluding hydrogens is 875 g/mol. The fourth-order valence-electron chi connectivity index (χ4n) is 8.40. The molecule has 0 bridgehead atoms. The molecule has 0 aromatic rings. The standard InChI is InChI=1S/C61H105NO8/c1-3-5-7-9-11-13-15-17-19-21-22-23-24-25-26-27-28-29-30-31-32-33-35-36-38-40-42-44-46-48-50-55(64)54(53-69-61-60(68)59(67)58(66)56(52-63)70-61)62-57(65)51-49-47-45-43-41-39-37-34-20-18-16-14-12-10-8-6-4-2/h6,8,12,14,18,20,33,35,37,39-40,42-43,45,48,50,54-56,58-61,63-64,66-68H,3-5,7,9-11,13,15-17,19,21-32,34,36,38,41,44,46-47,49,51-53H2,1-2H3,(H,62,65)/b8-6-,14-12-,20-18-,35-33+,39-37-,42-40+,45-43-,50-48+. The third-order valence-electron chi connectivity index (χ3n) is 12.9. The van der Waals surface area contributed by atoms with Crippen LogP contribution < -0.4 is 5.32 Å². The lowest BCUT2D eigenvalue weighted by molar-refractivity contribution is -0.302. The number of aliphatic hydroxyl groups is 5. The fourth-order valence-corrected chi connectivity index (χ4v) is 8.40. The molecule has 1 aliphatic heterocycles. The second-order valence-electron chi connectivity index (χ2n) is 19.3. The van der Waals surface area contributed by atoms with Gasteiger partial charge in [-0.05, 0) is 83.5 Å². The Morgan fingerprint density at radius 3 is 1.37 bits per heavy atom. The van der Waals surface area contributed by atoms with Crippen LogP contribution in [0.4, 0.5) is 0 Å². The first-order valence-corrected chi connectivity index (χ1v) is 28.5. The number of nitrogens with one attached hydrogen (secondary N) is 1. The van der Waals surface area contributed by atoms with E-state index in [1.165, 1.54) is 128 Å². The van der Waals surface area contributed by atoms with Crippen LogP contribution in [0.25, 0.3) is 0 Å². The van der Waals surface area contributed by atoms with Gasteiger partial charge in [-0.2, -0.15) is 0 Å². The predicted octanol–water partition coefficient (Wildman–Crippen LogP) is 14.0. The molecular formula is C61H105NO8. The number of ether oxygens (including phenoxy) is 2. The smallest absolute Gasteiger partial charge is 0.220 e. The lowest BCUT2D eigenvalue weighted by Crippen LogP contribution is -2.60. The van der Waals surface area contributed by atoms with Crippen molar-refractivity contribution in [2.75, 3.05) is 13.2 Å². The Morgan fingerprint density at radius 2 is 0.900 bits per heavy atom. The molecule has 0 aromatic heterocycles. The first-order chi connectivity index (χ1) is 34.3. The molecule has 0 radical (unpaired) electrons. The van der Waals surface area contributed by atoms with Gasteiger partial charge in [-0.25, -0.2) is 0 Å². The summed E-state index contributed by atoms with van der Waals surface area (Å²) < 4.78 is 11.2. The van der Waals surface area contributed by atoms with Crippen LogP contribution in [0, 0.1) is 0 Å². The van der Waals surface area contributed by atoms with Crippen LogP contribution in [0.15, 0.2) is 97.2 Å². The number of unbranched alkanes of at least 4 members (excludes halogenated alkanes) is 23. The van der Waals surface area contributed by atoms with Crippen molar-refractivity contribution < 1.29 is 39.8 Å². The minimum atomic E-state index is -1.59. The van der Waals surface area contributed by atoms with Gasteiger partial charge in [0.25, 0.3) is 0 Å². The second-order valence-corrected chi connectivity index (χ2v) is 19.3. The van der Waals surface area contributed by atoms with E-state index in [-0.39, 0.29) is 18.9 Å². The van der Waals surface area contributed by atoms with Gasteiger partial charge >= 0.3 is 0 Å². The van der Waals surface area contributed by atoms with Crippen LogP contribution >= 0.6 is 0 Å². The normalized spacial score (nSPS) is 20.1. The average molecular weight is 981 g/mol. The van der Waals surface area contributed by atoms with Gasteiger partial charge in [-0.15, -0.1) is 0 Å². The number of carbonyl (C=O) groups is 1. The maximum absolute atomic E-state index is 13.0. The number of carbonyl (C=O) groups excluding carboxylic acids is 1. The molecule has 1 rings (SSSR count). The molecule has 0 spiro atoms. The molecule has 1 amide bonds. The minimum absolute atomic E-state index is 0.234. The van der Waals surface area contributed by atoms with Gasteiger partial charge in [0.15, 0.2) is 6.29 Å². The summed E-state index contributed by atoms with van der Waals surface area (Å²) in [5.74, 6) is -0.250. The predicted molar refractivity (Wildman–Crippen MR) is 294 cm³/mol. The summed E-state index contributed by atoms with van der Waals surface area (Å²) in [5, 5.41) is 54.4. The Balaban J connectivity index is 2.28. The van der Waals surface area contributed by atoms with Crippen molar-refractivity contribution in [3.8, 4) is 0 Å². The number of amides is 1. The molecule has 1 heterocycles. The van der Waals surface area contributed by atoms with E-state index in [4.69, 9.17) is 9.47 Å². The van der Waals surface area contributed by atoms with E-state index in [0.717, 1.165) is 64.2 Å². The number of allylic oxidation sites excluding steroid dienone is 15. The van der Waals surface area contributed by atoms with Crippen molar-refractivity contribution in [2.45, 2.75) is 269 Å². The maximum atomic E-state index is 13.0. The molecule has 0 aromatic carbocycles. The molecule has 1 fully saturated rings. The summed E-state index contributed by atoms with van der Waals surface area (Å²) in [5.41, 5.74) is 0. The van der Waals surface area contributed by atoms with Gasteiger partial charge in [-0.3, -0.25) is 4.79 Å². The topological polar surface area (TPSA) is 149 Å². The molecule has 9 nitrogen and oxygen atoms in total. The molecule has 70 heavy (non-hydrogen) atoms. The molecule has 402 valence electrons. The molecule has 7 atom stereocenters. The highest BCUT2D eigenvalue weighted by molar-refractivity contribution is 5.76. The zero-order valence-corrected chi connectivity index (χ0v) is 44.5. The van der Waals surface area contributed by atoms with Crippen molar-refractivity contribution in [2.24, 2.45) is 0 Å². The van der Waals surface area contributed by atoms with Crippen LogP contribution in [0.2, 0.25) is 0 Å². The molecule has 0 saturated carbocycles. The summed E-state index contributed by atoms with van der Waals surface area (Å²) in [6, 6.07) is -0.865. The summed E-state index contributed by atoms with van der Waals surface area (Å²) in [4.78, 5) is 13.0. The van der Waals surface area contributed by atoms with Gasteiger partial charge < -0.3 is 40.3 Å².